The molecule has 3 saturated heterocycles. The summed E-state index contributed by atoms with van der Waals surface area (Å²) in [5.74, 6) is 0.620. The van der Waals surface area contributed by atoms with Gasteiger partial charge in [-0.15, -0.1) is 5.10 Å². The van der Waals surface area contributed by atoms with Crippen LogP contribution in [0.3, 0.4) is 0 Å². The van der Waals surface area contributed by atoms with E-state index in [4.69, 9.17) is 4.42 Å². The van der Waals surface area contributed by atoms with Crippen LogP contribution in [-0.4, -0.2) is 56.1 Å². The molecule has 2 aromatic rings. The average molecular weight is 356 g/mol. The summed E-state index contributed by atoms with van der Waals surface area (Å²) in [6.07, 6.45) is 7.59. The second kappa shape index (κ2) is 6.34. The van der Waals surface area contributed by atoms with Crippen LogP contribution in [0.15, 0.2) is 23.0 Å². The minimum Gasteiger partial charge on any atom is -0.407 e. The predicted octanol–water partition coefficient (Wildman–Crippen LogP) is 2.04. The van der Waals surface area contributed by atoms with E-state index in [0.29, 0.717) is 30.7 Å². The van der Waals surface area contributed by atoms with Gasteiger partial charge in [-0.25, -0.2) is 4.98 Å². The molecule has 3 aliphatic heterocycles. The lowest BCUT2D eigenvalue weighted by molar-refractivity contribution is 0.0489. The van der Waals surface area contributed by atoms with Gasteiger partial charge >= 0.3 is 6.01 Å². The molecule has 2 aromatic heterocycles. The van der Waals surface area contributed by atoms with Crippen LogP contribution < -0.4 is 4.90 Å². The molecule has 0 aliphatic carbocycles. The lowest BCUT2D eigenvalue weighted by atomic mass is 9.90. The third-order valence-electron chi connectivity index (χ3n) is 5.70. The molecule has 5 rings (SSSR count). The van der Waals surface area contributed by atoms with Crippen molar-refractivity contribution in [2.75, 3.05) is 18.0 Å². The van der Waals surface area contributed by atoms with Gasteiger partial charge in [0.05, 0.1) is 12.2 Å². The summed E-state index contributed by atoms with van der Waals surface area (Å²) in [7, 11) is 0. The first-order valence-corrected chi connectivity index (χ1v) is 9.17. The molecule has 1 amide bonds. The Kier molecular flexibility index (Phi) is 4.13. The van der Waals surface area contributed by atoms with Crippen molar-refractivity contribution in [2.45, 2.75) is 57.5 Å². The summed E-state index contributed by atoms with van der Waals surface area (Å²) in [6.45, 7) is 7.68. The minimum absolute atomic E-state index is 0.0502. The van der Waals surface area contributed by atoms with Gasteiger partial charge in [0.25, 0.3) is 5.91 Å². The molecule has 8 nitrogen and oxygen atoms in total. The third kappa shape index (κ3) is 2.83. The van der Waals surface area contributed by atoms with Gasteiger partial charge in [0.15, 0.2) is 0 Å². The fourth-order valence-electron chi connectivity index (χ4n) is 3.62. The molecule has 3 aliphatic rings. The highest BCUT2D eigenvalue weighted by Crippen LogP contribution is 2.34. The number of nitrogens with zero attached hydrogens (tertiary/aromatic N) is 6. The summed E-state index contributed by atoms with van der Waals surface area (Å²) < 4.78 is 5.99. The molecule has 138 valence electrons. The van der Waals surface area contributed by atoms with Crippen molar-refractivity contribution in [1.29, 1.82) is 0 Å². The Morgan fingerprint density at radius 1 is 1.23 bits per heavy atom. The number of piperazine rings is 1. The molecule has 5 heterocycles. The summed E-state index contributed by atoms with van der Waals surface area (Å²) in [5, 5.41) is 8.55. The van der Waals surface area contributed by atoms with Crippen molar-refractivity contribution in [2.24, 2.45) is 0 Å². The smallest absolute Gasteiger partial charge is 0.318 e. The Labute approximate surface area is 152 Å². The van der Waals surface area contributed by atoms with Crippen LogP contribution in [0.5, 0.6) is 0 Å². The van der Waals surface area contributed by atoms with Gasteiger partial charge in [-0.2, -0.15) is 0 Å². The van der Waals surface area contributed by atoms with E-state index in [0.717, 1.165) is 19.3 Å². The van der Waals surface area contributed by atoms with E-state index in [1.807, 2.05) is 4.90 Å². The third-order valence-corrected chi connectivity index (χ3v) is 5.70. The molecule has 0 aromatic carbocycles. The molecule has 2 bridgehead atoms. The number of hydrogen-bond acceptors (Lipinski definition) is 7. The number of carbonyl (C=O) groups excluding carboxylic acids is 1. The highest BCUT2D eigenvalue weighted by atomic mass is 16.4. The Balaban J connectivity index is 1.52. The van der Waals surface area contributed by atoms with Crippen LogP contribution in [0, 0.1) is 0 Å². The van der Waals surface area contributed by atoms with Gasteiger partial charge in [0.1, 0.15) is 5.69 Å². The number of anilines is 1. The summed E-state index contributed by atoms with van der Waals surface area (Å²) in [6, 6.07) is 0.894. The molecular weight excluding hydrogens is 332 g/mol. The number of carbonyl (C=O) groups is 1. The lowest BCUT2D eigenvalue weighted by Gasteiger charge is -2.50. The van der Waals surface area contributed by atoms with Crippen molar-refractivity contribution in [3.8, 4) is 0 Å². The maximum atomic E-state index is 12.8. The van der Waals surface area contributed by atoms with Gasteiger partial charge in [0, 0.05) is 36.9 Å². The van der Waals surface area contributed by atoms with Crippen LogP contribution in [-0.2, 0) is 5.41 Å². The lowest BCUT2D eigenvalue weighted by Crippen LogP contribution is -2.64. The van der Waals surface area contributed by atoms with Gasteiger partial charge in [-0.1, -0.05) is 25.9 Å². The summed E-state index contributed by atoms with van der Waals surface area (Å²) in [4.78, 5) is 25.0. The molecular formula is C18H24N6O2. The number of hydrogen-bond donors (Lipinski definition) is 0. The Morgan fingerprint density at radius 3 is 2.69 bits per heavy atom. The molecule has 26 heavy (non-hydrogen) atoms. The first-order chi connectivity index (χ1) is 12.5. The standard InChI is InChI=1S/C18H24N6O2/c1-4-18(2,3)16-21-22-17(26-16)24-11-12-5-6-13(24)10-23(12)15(25)14-9-19-7-8-20-14/h7-9,12-13H,4-6,10-11H2,1-3H3. The topological polar surface area (TPSA) is 88.3 Å². The normalized spacial score (nSPS) is 22.7. The second-order valence-corrected chi connectivity index (χ2v) is 7.71. The number of piperidine rings is 2. The first kappa shape index (κ1) is 16.9. The highest BCUT2D eigenvalue weighted by Gasteiger charge is 2.43. The monoisotopic (exact) mass is 356 g/mol. The zero-order valence-corrected chi connectivity index (χ0v) is 15.4. The van der Waals surface area contributed by atoms with Crippen LogP contribution >= 0.6 is 0 Å². The van der Waals surface area contributed by atoms with Crippen molar-refractivity contribution < 1.29 is 9.21 Å². The van der Waals surface area contributed by atoms with E-state index in [1.165, 1.54) is 6.20 Å². The fraction of sp³-hybridized carbons (Fsp3) is 0.611. The van der Waals surface area contributed by atoms with E-state index < -0.39 is 0 Å². The van der Waals surface area contributed by atoms with E-state index in [9.17, 15) is 4.79 Å². The molecule has 0 saturated carbocycles. The maximum absolute atomic E-state index is 12.8. The van der Waals surface area contributed by atoms with Gasteiger partial charge in [-0.3, -0.25) is 9.78 Å². The molecule has 0 N–H and O–H groups in total. The van der Waals surface area contributed by atoms with Crippen molar-refractivity contribution in [3.05, 3.63) is 30.2 Å². The van der Waals surface area contributed by atoms with Crippen LogP contribution in [0.1, 0.15) is 56.4 Å². The summed E-state index contributed by atoms with van der Waals surface area (Å²) >= 11 is 0. The maximum Gasteiger partial charge on any atom is 0.318 e. The number of aromatic nitrogens is 4. The number of amides is 1. The van der Waals surface area contributed by atoms with Crippen LogP contribution in [0.2, 0.25) is 0 Å². The van der Waals surface area contributed by atoms with E-state index in [1.54, 1.807) is 12.4 Å². The minimum atomic E-state index is -0.131. The van der Waals surface area contributed by atoms with Gasteiger partial charge in [-0.05, 0) is 19.3 Å². The quantitative estimate of drug-likeness (QED) is 0.828. The van der Waals surface area contributed by atoms with Crippen LogP contribution in [0.4, 0.5) is 6.01 Å². The van der Waals surface area contributed by atoms with E-state index >= 15 is 0 Å². The van der Waals surface area contributed by atoms with Gasteiger partial charge < -0.3 is 14.2 Å². The Bertz CT molecular complexity index is 790. The highest BCUT2D eigenvalue weighted by molar-refractivity contribution is 5.92. The van der Waals surface area contributed by atoms with Crippen LogP contribution in [0.25, 0.3) is 0 Å². The molecule has 0 spiro atoms. The zero-order chi connectivity index (χ0) is 18.3. The van der Waals surface area contributed by atoms with E-state index in [-0.39, 0.29) is 23.4 Å². The average Bonchev–Trinajstić information content (AvgIpc) is 3.19. The summed E-state index contributed by atoms with van der Waals surface area (Å²) in [5.41, 5.74) is 0.268. The van der Waals surface area contributed by atoms with Crippen molar-refractivity contribution in [3.63, 3.8) is 0 Å². The predicted molar refractivity (Wildman–Crippen MR) is 94.8 cm³/mol. The number of fused-ring (bicyclic) bond motifs is 3. The first-order valence-electron chi connectivity index (χ1n) is 9.17. The number of rotatable bonds is 4. The Morgan fingerprint density at radius 2 is 2.04 bits per heavy atom. The van der Waals surface area contributed by atoms with Crippen molar-refractivity contribution in [1.82, 2.24) is 25.1 Å². The molecule has 3 fully saturated rings. The molecule has 8 heteroatoms. The van der Waals surface area contributed by atoms with Crippen molar-refractivity contribution >= 4 is 11.9 Å². The molecule has 0 radical (unpaired) electrons. The van der Waals surface area contributed by atoms with E-state index in [2.05, 4.69) is 45.8 Å². The zero-order valence-electron chi connectivity index (χ0n) is 15.4. The molecule has 2 unspecified atom stereocenters. The SMILES string of the molecule is CCC(C)(C)c1nnc(N2CC3CCC2CN3C(=O)c2cnccn2)o1. The fourth-order valence-corrected chi connectivity index (χ4v) is 3.62. The molecule has 2 atom stereocenters. The second-order valence-electron chi connectivity index (χ2n) is 7.71. The van der Waals surface area contributed by atoms with Gasteiger partial charge in [0.2, 0.25) is 5.89 Å². The largest absolute Gasteiger partial charge is 0.407 e. The Hall–Kier alpha value is -2.51.